The largest absolute Gasteiger partial charge is 0.497 e. The third kappa shape index (κ3) is 8.48. The smallest absolute Gasteiger partial charge is 0.307 e. The van der Waals surface area contributed by atoms with Gasteiger partial charge in [0.15, 0.2) is 0 Å². The number of carbonyl (C=O) groups excluding carboxylic acids is 2. The predicted molar refractivity (Wildman–Crippen MR) is 152 cm³/mol. The zero-order valence-corrected chi connectivity index (χ0v) is 24.1. The van der Waals surface area contributed by atoms with Crippen molar-refractivity contribution in [3.05, 3.63) is 59.4 Å². The van der Waals surface area contributed by atoms with Crippen LogP contribution in [0.2, 0.25) is 0 Å². The van der Waals surface area contributed by atoms with E-state index in [9.17, 15) is 18.0 Å². The van der Waals surface area contributed by atoms with E-state index in [2.05, 4.69) is 5.32 Å². The van der Waals surface area contributed by atoms with Crippen LogP contribution in [0.1, 0.15) is 60.3 Å². The Morgan fingerprint density at radius 2 is 1.82 bits per heavy atom. The summed E-state index contributed by atoms with van der Waals surface area (Å²) in [6.45, 7) is 4.32. The summed E-state index contributed by atoms with van der Waals surface area (Å²) < 4.78 is 39.8. The first-order valence-corrected chi connectivity index (χ1v) is 15.1. The quantitative estimate of drug-likeness (QED) is 0.214. The molecular weight excluding hydrogens is 520 g/mol. The lowest BCUT2D eigenvalue weighted by molar-refractivity contribution is -0.143. The summed E-state index contributed by atoms with van der Waals surface area (Å²) >= 11 is 0. The molecule has 10 heteroatoms. The van der Waals surface area contributed by atoms with E-state index in [0.717, 1.165) is 33.7 Å². The number of carbonyl (C=O) groups is 2. The van der Waals surface area contributed by atoms with Gasteiger partial charge in [-0.25, -0.2) is 8.42 Å². The average molecular weight is 559 g/mol. The van der Waals surface area contributed by atoms with Crippen LogP contribution in [0, 0.1) is 6.92 Å². The highest BCUT2D eigenvalue weighted by molar-refractivity contribution is 7.90. The van der Waals surface area contributed by atoms with Crippen molar-refractivity contribution in [3.8, 4) is 5.75 Å². The molecule has 0 radical (unpaired) electrons. The maximum absolute atomic E-state index is 12.8. The zero-order valence-electron chi connectivity index (χ0n) is 23.3. The first-order chi connectivity index (χ1) is 18.5. The molecule has 3 aromatic rings. The fourth-order valence-corrected chi connectivity index (χ4v) is 5.11. The Labute approximate surface area is 230 Å². The van der Waals surface area contributed by atoms with Crippen molar-refractivity contribution in [2.24, 2.45) is 0 Å². The number of furan rings is 1. The normalized spacial score (nSPS) is 12.2. The third-order valence-corrected chi connectivity index (χ3v) is 7.56. The zero-order chi connectivity index (χ0) is 28.6. The van der Waals surface area contributed by atoms with Gasteiger partial charge in [-0.3, -0.25) is 9.59 Å². The van der Waals surface area contributed by atoms with Gasteiger partial charge in [-0.05, 0) is 75.6 Å². The van der Waals surface area contributed by atoms with Crippen molar-refractivity contribution in [1.29, 1.82) is 0 Å². The highest BCUT2D eigenvalue weighted by Gasteiger charge is 2.22. The molecule has 1 amide bonds. The second-order valence-corrected chi connectivity index (χ2v) is 11.9. The highest BCUT2D eigenvalue weighted by Crippen LogP contribution is 2.35. The summed E-state index contributed by atoms with van der Waals surface area (Å²) in [7, 11) is 0.240. The minimum atomic E-state index is -3.03. The van der Waals surface area contributed by atoms with Crippen LogP contribution >= 0.6 is 0 Å². The van der Waals surface area contributed by atoms with Crippen molar-refractivity contribution in [2.45, 2.75) is 45.6 Å². The molecule has 1 atom stereocenters. The Hall–Kier alpha value is -3.53. The van der Waals surface area contributed by atoms with Gasteiger partial charge in [0.1, 0.15) is 26.9 Å². The number of methoxy groups -OCH3 is 1. The third-order valence-electron chi connectivity index (χ3n) is 6.53. The lowest BCUT2D eigenvalue weighted by Gasteiger charge is -2.20. The van der Waals surface area contributed by atoms with Crippen molar-refractivity contribution in [2.75, 3.05) is 44.6 Å². The van der Waals surface area contributed by atoms with E-state index in [-0.39, 0.29) is 36.6 Å². The molecule has 0 bridgehead atoms. The molecule has 1 aromatic heterocycles. The van der Waals surface area contributed by atoms with E-state index in [1.807, 2.05) is 37.3 Å². The lowest BCUT2D eigenvalue weighted by atomic mass is 10.0. The van der Waals surface area contributed by atoms with Gasteiger partial charge in [-0.1, -0.05) is 0 Å². The fraction of sp³-hybridized carbons (Fsp3) is 0.448. The molecule has 0 aliphatic rings. The first-order valence-electron chi connectivity index (χ1n) is 13.0. The molecule has 39 heavy (non-hydrogen) atoms. The van der Waals surface area contributed by atoms with Crippen LogP contribution in [-0.4, -0.2) is 64.5 Å². The number of benzene rings is 2. The minimum Gasteiger partial charge on any atom is -0.497 e. The molecule has 0 saturated carbocycles. The van der Waals surface area contributed by atoms with Crippen LogP contribution in [0.3, 0.4) is 0 Å². The Morgan fingerprint density at radius 3 is 2.46 bits per heavy atom. The Balaban J connectivity index is 1.77. The van der Waals surface area contributed by atoms with E-state index < -0.39 is 9.84 Å². The first kappa shape index (κ1) is 30.0. The molecule has 0 spiro atoms. The molecule has 0 aliphatic heterocycles. The number of aryl methyl sites for hydroxylation is 1. The standard InChI is InChI=1S/C29H38N2O7S/c1-6-37-27(32)16-17-31(3)29(33)21-10-12-22(13-11-21)30-25(9-7-8-18-39(5,34)35)28-20(2)24-19-23(36-4)14-15-26(24)38-28/h10-15,19,25,30H,6-9,16-18H2,1-5H3. The van der Waals surface area contributed by atoms with E-state index in [0.29, 0.717) is 31.4 Å². The van der Waals surface area contributed by atoms with Crippen LogP contribution in [0.5, 0.6) is 5.75 Å². The van der Waals surface area contributed by atoms with Crippen LogP contribution in [0.4, 0.5) is 5.69 Å². The Bertz CT molecular complexity index is 1380. The molecule has 0 aliphatic carbocycles. The average Bonchev–Trinajstić information content (AvgIpc) is 3.24. The van der Waals surface area contributed by atoms with Crippen molar-refractivity contribution in [1.82, 2.24) is 4.90 Å². The topological polar surface area (TPSA) is 115 Å². The molecular formula is C29H38N2O7S. The van der Waals surface area contributed by atoms with Gasteiger partial charge >= 0.3 is 5.97 Å². The summed E-state index contributed by atoms with van der Waals surface area (Å²) in [5, 5.41) is 4.47. The number of unbranched alkanes of at least 4 members (excludes halogenated alkanes) is 1. The maximum atomic E-state index is 12.8. The summed E-state index contributed by atoms with van der Waals surface area (Å²) in [6.07, 6.45) is 3.28. The van der Waals surface area contributed by atoms with Crippen LogP contribution in [0.15, 0.2) is 46.9 Å². The molecule has 1 unspecified atom stereocenters. The maximum Gasteiger partial charge on any atom is 0.307 e. The number of nitrogens with zero attached hydrogens (tertiary/aromatic N) is 1. The summed E-state index contributed by atoms with van der Waals surface area (Å²) in [4.78, 5) is 25.9. The number of rotatable bonds is 14. The van der Waals surface area contributed by atoms with Gasteiger partial charge in [0, 0.05) is 47.8 Å². The Kier molecular flexibility index (Phi) is 10.4. The summed E-state index contributed by atoms with van der Waals surface area (Å²) in [5.41, 5.74) is 3.03. The molecule has 2 aromatic carbocycles. The second kappa shape index (κ2) is 13.5. The van der Waals surface area contributed by atoms with Gasteiger partial charge in [-0.2, -0.15) is 0 Å². The number of sulfone groups is 1. The van der Waals surface area contributed by atoms with E-state index in [1.54, 1.807) is 33.2 Å². The van der Waals surface area contributed by atoms with Crippen LogP contribution in [-0.2, 0) is 19.4 Å². The van der Waals surface area contributed by atoms with Crippen molar-refractivity contribution in [3.63, 3.8) is 0 Å². The monoisotopic (exact) mass is 558 g/mol. The number of hydrogen-bond acceptors (Lipinski definition) is 8. The van der Waals surface area contributed by atoms with Crippen LogP contribution in [0.25, 0.3) is 11.0 Å². The number of fused-ring (bicyclic) bond motifs is 1. The molecule has 3 rings (SSSR count). The van der Waals surface area contributed by atoms with E-state index in [4.69, 9.17) is 13.9 Å². The predicted octanol–water partition coefficient (Wildman–Crippen LogP) is 5.14. The SMILES string of the molecule is CCOC(=O)CCN(C)C(=O)c1ccc(NC(CCCCS(C)(=O)=O)c2oc3ccc(OC)cc3c2C)cc1. The number of ether oxygens (including phenoxy) is 2. The molecule has 1 heterocycles. The number of nitrogens with one attached hydrogen (secondary N) is 1. The summed E-state index contributed by atoms with van der Waals surface area (Å²) in [5.74, 6) is 1.12. The number of hydrogen-bond donors (Lipinski definition) is 1. The van der Waals surface area contributed by atoms with Gasteiger partial charge in [0.25, 0.3) is 5.91 Å². The Morgan fingerprint density at radius 1 is 1.10 bits per heavy atom. The van der Waals surface area contributed by atoms with Crippen molar-refractivity contribution < 1.29 is 31.9 Å². The van der Waals surface area contributed by atoms with E-state index in [1.165, 1.54) is 11.2 Å². The molecule has 1 N–H and O–H groups in total. The van der Waals surface area contributed by atoms with Gasteiger partial charge < -0.3 is 24.1 Å². The summed E-state index contributed by atoms with van der Waals surface area (Å²) in [6, 6.07) is 12.6. The molecule has 212 valence electrons. The molecule has 9 nitrogen and oxygen atoms in total. The van der Waals surface area contributed by atoms with Crippen LogP contribution < -0.4 is 10.1 Å². The highest BCUT2D eigenvalue weighted by atomic mass is 32.2. The lowest BCUT2D eigenvalue weighted by Crippen LogP contribution is -2.29. The van der Waals surface area contributed by atoms with Gasteiger partial charge in [0.05, 0.1) is 26.2 Å². The fourth-order valence-electron chi connectivity index (χ4n) is 4.38. The van der Waals surface area contributed by atoms with E-state index >= 15 is 0 Å². The minimum absolute atomic E-state index is 0.135. The van der Waals surface area contributed by atoms with Gasteiger partial charge in [0.2, 0.25) is 0 Å². The molecule has 0 fully saturated rings. The van der Waals surface area contributed by atoms with Crippen molar-refractivity contribution >= 4 is 38.4 Å². The number of amides is 1. The van der Waals surface area contributed by atoms with Gasteiger partial charge in [-0.15, -0.1) is 0 Å². The number of anilines is 1. The second-order valence-electron chi connectivity index (χ2n) is 9.64. The number of esters is 1. The molecule has 0 saturated heterocycles.